The van der Waals surface area contributed by atoms with Crippen molar-refractivity contribution in [3.63, 3.8) is 0 Å². The summed E-state index contributed by atoms with van der Waals surface area (Å²) < 4.78 is 34.0. The van der Waals surface area contributed by atoms with E-state index in [4.69, 9.17) is 9.73 Å². The smallest absolute Gasteiger partial charge is 0.165 e. The molecule has 0 N–H and O–H groups in total. The lowest BCUT2D eigenvalue weighted by Gasteiger charge is -2.16. The third kappa shape index (κ3) is 2.65. The van der Waals surface area contributed by atoms with Crippen LogP contribution in [0.25, 0.3) is 10.9 Å². The van der Waals surface area contributed by atoms with Gasteiger partial charge < -0.3 is 4.74 Å². The number of hydrogen-bond donors (Lipinski definition) is 0. The highest BCUT2D eigenvalue weighted by Gasteiger charge is 2.26. The SMILES string of the molecule is CC1N=C(c2cnc3c(F)cccc3c2)c2cccc(F)c2OC1C. The normalized spacial score (nSPS) is 19.8. The molecule has 0 saturated carbocycles. The number of halogens is 2. The van der Waals surface area contributed by atoms with Crippen molar-refractivity contribution in [3.8, 4) is 5.75 Å². The van der Waals surface area contributed by atoms with E-state index in [1.807, 2.05) is 19.9 Å². The zero-order valence-electron chi connectivity index (χ0n) is 13.8. The number of benzene rings is 2. The van der Waals surface area contributed by atoms with Crippen LogP contribution >= 0.6 is 0 Å². The fraction of sp³-hybridized carbons (Fsp3) is 0.200. The van der Waals surface area contributed by atoms with Crippen LogP contribution in [0.4, 0.5) is 8.78 Å². The Morgan fingerprint density at radius 3 is 2.60 bits per heavy atom. The third-order valence-corrected chi connectivity index (χ3v) is 4.47. The molecule has 0 bridgehead atoms. The minimum atomic E-state index is -0.425. The Balaban J connectivity index is 1.94. The summed E-state index contributed by atoms with van der Waals surface area (Å²) in [6, 6.07) is 11.2. The Hall–Kier alpha value is -2.82. The van der Waals surface area contributed by atoms with Gasteiger partial charge in [-0.2, -0.15) is 0 Å². The Labute approximate surface area is 144 Å². The van der Waals surface area contributed by atoms with Gasteiger partial charge in [0, 0.05) is 22.7 Å². The minimum absolute atomic E-state index is 0.162. The molecule has 3 aromatic rings. The van der Waals surface area contributed by atoms with E-state index < -0.39 is 5.82 Å². The van der Waals surface area contributed by atoms with E-state index in [2.05, 4.69) is 4.98 Å². The first-order valence-corrected chi connectivity index (χ1v) is 8.12. The highest BCUT2D eigenvalue weighted by molar-refractivity contribution is 6.15. The summed E-state index contributed by atoms with van der Waals surface area (Å²) in [6.07, 6.45) is 1.31. The predicted molar refractivity (Wildman–Crippen MR) is 93.3 cm³/mol. The molecule has 5 heteroatoms. The maximum Gasteiger partial charge on any atom is 0.165 e. The average molecular weight is 338 g/mol. The second kappa shape index (κ2) is 5.92. The van der Waals surface area contributed by atoms with Gasteiger partial charge in [0.2, 0.25) is 0 Å². The molecule has 1 aliphatic rings. The number of para-hydroxylation sites is 2. The van der Waals surface area contributed by atoms with Crippen LogP contribution in [0.15, 0.2) is 53.7 Å². The zero-order chi connectivity index (χ0) is 17.6. The first-order chi connectivity index (χ1) is 12.0. The quantitative estimate of drug-likeness (QED) is 0.654. The minimum Gasteiger partial charge on any atom is -0.485 e. The molecule has 25 heavy (non-hydrogen) atoms. The number of rotatable bonds is 1. The van der Waals surface area contributed by atoms with Gasteiger partial charge in [0.05, 0.1) is 11.8 Å². The van der Waals surface area contributed by atoms with E-state index in [0.29, 0.717) is 27.7 Å². The molecule has 0 spiro atoms. The Morgan fingerprint density at radius 1 is 1.00 bits per heavy atom. The Kier molecular flexibility index (Phi) is 3.71. The molecular weight excluding hydrogens is 322 g/mol. The van der Waals surface area contributed by atoms with Crippen molar-refractivity contribution in [2.45, 2.75) is 26.0 Å². The highest BCUT2D eigenvalue weighted by atomic mass is 19.1. The molecule has 0 radical (unpaired) electrons. The van der Waals surface area contributed by atoms with Crippen LogP contribution in [0.5, 0.6) is 5.75 Å². The van der Waals surface area contributed by atoms with E-state index in [-0.39, 0.29) is 23.7 Å². The molecule has 1 aliphatic heterocycles. The Bertz CT molecular complexity index is 1000. The van der Waals surface area contributed by atoms with Crippen LogP contribution in [0.2, 0.25) is 0 Å². The third-order valence-electron chi connectivity index (χ3n) is 4.47. The summed E-state index contributed by atoms with van der Waals surface area (Å²) in [6.45, 7) is 3.78. The van der Waals surface area contributed by atoms with Gasteiger partial charge in [-0.05, 0) is 38.1 Å². The first-order valence-electron chi connectivity index (χ1n) is 8.12. The number of aromatic nitrogens is 1. The Morgan fingerprint density at radius 2 is 1.76 bits per heavy atom. The standard InChI is InChI=1S/C20H16F2N2O/c1-11-12(2)25-20-15(6-4-8-17(20)22)18(24-11)14-9-13-5-3-7-16(21)19(13)23-10-14/h3-12H,1-2H3. The van der Waals surface area contributed by atoms with Gasteiger partial charge in [-0.15, -0.1) is 0 Å². The van der Waals surface area contributed by atoms with Gasteiger partial charge >= 0.3 is 0 Å². The number of nitrogens with zero attached hydrogens (tertiary/aromatic N) is 2. The summed E-state index contributed by atoms with van der Waals surface area (Å²) in [5, 5.41) is 0.670. The molecule has 2 atom stereocenters. The van der Waals surface area contributed by atoms with Crippen molar-refractivity contribution >= 4 is 16.6 Å². The number of aliphatic imine (C=N–C) groups is 1. The van der Waals surface area contributed by atoms with Crippen LogP contribution in [-0.2, 0) is 0 Å². The first kappa shape index (κ1) is 15.7. The van der Waals surface area contributed by atoms with Crippen LogP contribution < -0.4 is 4.74 Å². The zero-order valence-corrected chi connectivity index (χ0v) is 13.8. The average Bonchev–Trinajstić information content (AvgIpc) is 2.73. The molecule has 2 aromatic carbocycles. The molecule has 3 nitrogen and oxygen atoms in total. The maximum absolute atomic E-state index is 14.3. The van der Waals surface area contributed by atoms with Crippen LogP contribution in [-0.4, -0.2) is 22.8 Å². The molecule has 0 amide bonds. The summed E-state index contributed by atoms with van der Waals surface area (Å²) in [4.78, 5) is 8.97. The summed E-state index contributed by atoms with van der Waals surface area (Å²) >= 11 is 0. The van der Waals surface area contributed by atoms with E-state index in [1.165, 1.54) is 12.1 Å². The molecule has 4 rings (SSSR count). The van der Waals surface area contributed by atoms with Crippen LogP contribution in [0, 0.1) is 11.6 Å². The van der Waals surface area contributed by atoms with Crippen molar-refractivity contribution in [2.75, 3.05) is 0 Å². The maximum atomic E-state index is 14.3. The van der Waals surface area contributed by atoms with E-state index in [9.17, 15) is 8.78 Å². The van der Waals surface area contributed by atoms with Gasteiger partial charge in [0.25, 0.3) is 0 Å². The fourth-order valence-electron chi connectivity index (χ4n) is 2.96. The van der Waals surface area contributed by atoms with Gasteiger partial charge in [-0.1, -0.05) is 18.2 Å². The van der Waals surface area contributed by atoms with Gasteiger partial charge in [0.15, 0.2) is 11.6 Å². The van der Waals surface area contributed by atoms with Crippen LogP contribution in [0.1, 0.15) is 25.0 Å². The molecule has 126 valence electrons. The van der Waals surface area contributed by atoms with Crippen molar-refractivity contribution < 1.29 is 13.5 Å². The summed E-state index contributed by atoms with van der Waals surface area (Å²) in [5.41, 5.74) is 2.19. The van der Waals surface area contributed by atoms with Crippen molar-refractivity contribution in [1.82, 2.24) is 4.98 Å². The van der Waals surface area contributed by atoms with Gasteiger partial charge in [-0.3, -0.25) is 9.98 Å². The lowest BCUT2D eigenvalue weighted by atomic mass is 10.0. The molecule has 0 aliphatic carbocycles. The predicted octanol–water partition coefficient (Wildman–Crippen LogP) is 4.52. The van der Waals surface area contributed by atoms with Gasteiger partial charge in [-0.25, -0.2) is 8.78 Å². The largest absolute Gasteiger partial charge is 0.485 e. The summed E-state index contributed by atoms with van der Waals surface area (Å²) in [7, 11) is 0. The molecule has 0 fully saturated rings. The molecular formula is C20H16F2N2O. The second-order valence-corrected chi connectivity index (χ2v) is 6.19. The number of fused-ring (bicyclic) bond motifs is 2. The lowest BCUT2D eigenvalue weighted by Crippen LogP contribution is -2.23. The van der Waals surface area contributed by atoms with E-state index in [1.54, 1.807) is 30.5 Å². The van der Waals surface area contributed by atoms with Crippen molar-refractivity contribution in [1.29, 1.82) is 0 Å². The molecule has 2 heterocycles. The number of pyridine rings is 1. The van der Waals surface area contributed by atoms with E-state index in [0.717, 1.165) is 0 Å². The molecule has 1 aromatic heterocycles. The van der Waals surface area contributed by atoms with Crippen molar-refractivity contribution in [3.05, 3.63) is 71.4 Å². The van der Waals surface area contributed by atoms with Gasteiger partial charge in [0.1, 0.15) is 17.4 Å². The van der Waals surface area contributed by atoms with Crippen LogP contribution in [0.3, 0.4) is 0 Å². The topological polar surface area (TPSA) is 34.5 Å². The molecule has 2 unspecified atom stereocenters. The highest BCUT2D eigenvalue weighted by Crippen LogP contribution is 2.31. The molecule has 0 saturated heterocycles. The number of hydrogen-bond acceptors (Lipinski definition) is 3. The lowest BCUT2D eigenvalue weighted by molar-refractivity contribution is 0.192. The van der Waals surface area contributed by atoms with Crippen molar-refractivity contribution in [2.24, 2.45) is 4.99 Å². The number of ether oxygens (including phenoxy) is 1. The second-order valence-electron chi connectivity index (χ2n) is 6.19. The fourth-order valence-corrected chi connectivity index (χ4v) is 2.96. The monoisotopic (exact) mass is 338 g/mol. The van der Waals surface area contributed by atoms with E-state index >= 15 is 0 Å². The summed E-state index contributed by atoms with van der Waals surface area (Å²) in [5.74, 6) is -0.605.